The van der Waals surface area contributed by atoms with E-state index in [9.17, 15) is 0 Å². The molecule has 4 nitrogen and oxygen atoms in total. The van der Waals surface area contributed by atoms with Crippen molar-refractivity contribution in [3.63, 3.8) is 0 Å². The van der Waals surface area contributed by atoms with Gasteiger partial charge in [0.05, 0.1) is 0 Å². The zero-order valence-electron chi connectivity index (χ0n) is 10.8. The first kappa shape index (κ1) is 15.0. The van der Waals surface area contributed by atoms with Crippen molar-refractivity contribution in [3.05, 3.63) is 33.5 Å². The lowest BCUT2D eigenvalue weighted by molar-refractivity contribution is 0.769. The molecule has 0 aliphatic rings. The predicted octanol–water partition coefficient (Wildman–Crippen LogP) is 4.31. The first-order valence-electron chi connectivity index (χ1n) is 5.66. The van der Waals surface area contributed by atoms with Gasteiger partial charge in [0.15, 0.2) is 0 Å². The molecule has 6 heteroatoms. The predicted molar refractivity (Wildman–Crippen MR) is 79.5 cm³/mol. The molecule has 1 N–H and O–H groups in total. The van der Waals surface area contributed by atoms with E-state index in [0.29, 0.717) is 10.7 Å². The molecule has 0 aliphatic carbocycles. The number of aromatic nitrogens is 3. The minimum absolute atomic E-state index is 0.552. The maximum Gasteiger partial charge on any atom is 0.226 e. The minimum atomic E-state index is 0.552. The first-order chi connectivity index (χ1) is 8.56. The van der Waals surface area contributed by atoms with Crippen LogP contribution in [0.1, 0.15) is 19.4 Å². The summed E-state index contributed by atoms with van der Waals surface area (Å²) in [5.74, 6) is 0.659. The quantitative estimate of drug-likeness (QED) is 0.891. The summed E-state index contributed by atoms with van der Waals surface area (Å²) < 4.78 is 2.20. The van der Waals surface area contributed by atoms with E-state index in [2.05, 4.69) is 31.3 Å². The lowest BCUT2D eigenvalue weighted by Crippen LogP contribution is -2.00. The number of halogens is 2. The first-order valence-corrected chi connectivity index (χ1v) is 6.83. The van der Waals surface area contributed by atoms with Crippen LogP contribution in [0.5, 0.6) is 0 Å². The van der Waals surface area contributed by atoms with Crippen LogP contribution >= 0.6 is 27.5 Å². The molecule has 1 heterocycles. The maximum atomic E-state index is 6.03. The van der Waals surface area contributed by atoms with Gasteiger partial charge in [-0.1, -0.05) is 31.5 Å². The standard InChI is InChI=1S/C10H10BrClN4.C2H6/c1-6-3-4-7(5-8(6)12)13-10-14-9(11)15-16(10)2;1-2/h3-5H,1-2H3,(H,13,14,15);1-2H3. The highest BCUT2D eigenvalue weighted by Gasteiger charge is 2.05. The largest absolute Gasteiger partial charge is 0.324 e. The third-order valence-electron chi connectivity index (χ3n) is 2.17. The summed E-state index contributed by atoms with van der Waals surface area (Å²) in [4.78, 5) is 4.17. The van der Waals surface area contributed by atoms with Crippen LogP contribution in [0.25, 0.3) is 0 Å². The van der Waals surface area contributed by atoms with Crippen molar-refractivity contribution in [2.45, 2.75) is 20.8 Å². The lowest BCUT2D eigenvalue weighted by atomic mass is 10.2. The summed E-state index contributed by atoms with van der Waals surface area (Å²) >= 11 is 9.25. The van der Waals surface area contributed by atoms with Gasteiger partial charge in [0.1, 0.15) is 0 Å². The zero-order chi connectivity index (χ0) is 13.7. The van der Waals surface area contributed by atoms with Crippen molar-refractivity contribution >= 4 is 39.2 Å². The number of benzene rings is 1. The van der Waals surface area contributed by atoms with Crippen LogP contribution in [0.15, 0.2) is 22.9 Å². The third-order valence-corrected chi connectivity index (χ3v) is 2.91. The molecular weight excluding hydrogens is 316 g/mol. The highest BCUT2D eigenvalue weighted by Crippen LogP contribution is 2.22. The van der Waals surface area contributed by atoms with Crippen LogP contribution in [-0.2, 0) is 7.05 Å². The molecule has 2 rings (SSSR count). The van der Waals surface area contributed by atoms with Crippen molar-refractivity contribution in [1.82, 2.24) is 14.8 Å². The van der Waals surface area contributed by atoms with E-state index in [0.717, 1.165) is 16.3 Å². The second-order valence-electron chi connectivity index (χ2n) is 3.42. The molecule has 0 fully saturated rings. The van der Waals surface area contributed by atoms with Crippen LogP contribution < -0.4 is 5.32 Å². The van der Waals surface area contributed by atoms with Crippen molar-refractivity contribution in [2.75, 3.05) is 5.32 Å². The Morgan fingerprint density at radius 1 is 1.33 bits per heavy atom. The van der Waals surface area contributed by atoms with Gasteiger partial charge in [0.2, 0.25) is 10.7 Å². The molecule has 0 bridgehead atoms. The van der Waals surface area contributed by atoms with E-state index in [1.165, 1.54) is 0 Å². The molecule has 0 amide bonds. The van der Waals surface area contributed by atoms with E-state index in [1.807, 2.05) is 46.0 Å². The molecule has 1 aromatic carbocycles. The molecule has 98 valence electrons. The average Bonchev–Trinajstić information content (AvgIpc) is 2.65. The molecule has 0 aliphatic heterocycles. The molecule has 1 aromatic heterocycles. The van der Waals surface area contributed by atoms with Crippen LogP contribution in [0.4, 0.5) is 11.6 Å². The number of hydrogen-bond acceptors (Lipinski definition) is 3. The normalized spacial score (nSPS) is 9.67. The van der Waals surface area contributed by atoms with E-state index < -0.39 is 0 Å². The maximum absolute atomic E-state index is 6.03. The molecule has 0 saturated heterocycles. The summed E-state index contributed by atoms with van der Waals surface area (Å²) in [6, 6.07) is 5.76. The number of hydrogen-bond donors (Lipinski definition) is 1. The number of rotatable bonds is 2. The fourth-order valence-electron chi connectivity index (χ4n) is 1.26. The highest BCUT2D eigenvalue weighted by molar-refractivity contribution is 9.10. The second kappa shape index (κ2) is 6.75. The van der Waals surface area contributed by atoms with E-state index in [4.69, 9.17) is 11.6 Å². The van der Waals surface area contributed by atoms with Gasteiger partial charge in [-0.15, -0.1) is 5.10 Å². The number of aryl methyl sites for hydroxylation is 2. The minimum Gasteiger partial charge on any atom is -0.324 e. The summed E-state index contributed by atoms with van der Waals surface area (Å²) in [6.45, 7) is 5.96. The monoisotopic (exact) mass is 330 g/mol. The summed E-state index contributed by atoms with van der Waals surface area (Å²) in [5, 5.41) is 7.94. The summed E-state index contributed by atoms with van der Waals surface area (Å²) in [7, 11) is 1.82. The van der Waals surface area contributed by atoms with E-state index >= 15 is 0 Å². The Hall–Kier alpha value is -1.07. The molecule has 0 atom stereocenters. The Kier molecular flexibility index (Phi) is 5.62. The van der Waals surface area contributed by atoms with Gasteiger partial charge in [0.25, 0.3) is 0 Å². The van der Waals surface area contributed by atoms with Crippen molar-refractivity contribution in [2.24, 2.45) is 7.05 Å². The molecule has 0 spiro atoms. The summed E-state index contributed by atoms with van der Waals surface area (Å²) in [5.41, 5.74) is 1.94. The van der Waals surface area contributed by atoms with Gasteiger partial charge in [-0.05, 0) is 40.5 Å². The van der Waals surface area contributed by atoms with Gasteiger partial charge in [-0.25, -0.2) is 4.68 Å². The van der Waals surface area contributed by atoms with E-state index in [1.54, 1.807) is 4.68 Å². The van der Waals surface area contributed by atoms with Gasteiger partial charge in [-0.3, -0.25) is 0 Å². The molecule has 0 unspecified atom stereocenters. The molecule has 18 heavy (non-hydrogen) atoms. The Labute approximate surface area is 121 Å². The SMILES string of the molecule is CC.Cc1ccc(Nc2nc(Br)nn2C)cc1Cl. The van der Waals surface area contributed by atoms with Crippen LogP contribution in [0, 0.1) is 6.92 Å². The highest BCUT2D eigenvalue weighted by atomic mass is 79.9. The fourth-order valence-corrected chi connectivity index (χ4v) is 1.85. The molecule has 0 saturated carbocycles. The number of nitrogens with one attached hydrogen (secondary N) is 1. The zero-order valence-corrected chi connectivity index (χ0v) is 13.2. The van der Waals surface area contributed by atoms with Gasteiger partial charge in [0, 0.05) is 17.8 Å². The van der Waals surface area contributed by atoms with Gasteiger partial charge >= 0.3 is 0 Å². The lowest BCUT2D eigenvalue weighted by Gasteiger charge is -2.06. The Morgan fingerprint density at radius 3 is 2.50 bits per heavy atom. The Morgan fingerprint density at radius 2 is 2.00 bits per heavy atom. The second-order valence-corrected chi connectivity index (χ2v) is 4.53. The fraction of sp³-hybridized carbons (Fsp3) is 0.333. The Balaban J connectivity index is 0.000000771. The number of anilines is 2. The van der Waals surface area contributed by atoms with E-state index in [-0.39, 0.29) is 0 Å². The van der Waals surface area contributed by atoms with Crippen LogP contribution in [0.2, 0.25) is 5.02 Å². The third kappa shape index (κ3) is 3.71. The van der Waals surface area contributed by atoms with Crippen LogP contribution in [-0.4, -0.2) is 14.8 Å². The molecule has 2 aromatic rings. The number of nitrogens with zero attached hydrogens (tertiary/aromatic N) is 3. The summed E-state index contributed by atoms with van der Waals surface area (Å²) in [6.07, 6.45) is 0. The Bertz CT molecular complexity index is 525. The topological polar surface area (TPSA) is 42.7 Å². The molecule has 0 radical (unpaired) electrons. The van der Waals surface area contributed by atoms with Crippen LogP contribution in [0.3, 0.4) is 0 Å². The van der Waals surface area contributed by atoms with Gasteiger partial charge in [-0.2, -0.15) is 4.98 Å². The van der Waals surface area contributed by atoms with Crippen molar-refractivity contribution in [3.8, 4) is 0 Å². The molecular formula is C12H16BrClN4. The van der Waals surface area contributed by atoms with Crippen molar-refractivity contribution < 1.29 is 0 Å². The smallest absolute Gasteiger partial charge is 0.226 e. The van der Waals surface area contributed by atoms with Gasteiger partial charge < -0.3 is 5.32 Å². The van der Waals surface area contributed by atoms with Crippen molar-refractivity contribution in [1.29, 1.82) is 0 Å². The average molecular weight is 332 g/mol.